The third-order valence-corrected chi connectivity index (χ3v) is 2.79. The van der Waals surface area contributed by atoms with Crippen LogP contribution in [-0.2, 0) is 0 Å². The molecule has 0 aliphatic carbocycles. The molecule has 0 radical (unpaired) electrons. The minimum absolute atomic E-state index is 0.0820. The number of aryl methyl sites for hydroxylation is 1. The first-order chi connectivity index (χ1) is 8.97. The van der Waals surface area contributed by atoms with E-state index in [-0.39, 0.29) is 17.1 Å². The van der Waals surface area contributed by atoms with Crippen LogP contribution >= 0.6 is 23.2 Å². The van der Waals surface area contributed by atoms with Gasteiger partial charge in [0.25, 0.3) is 0 Å². The second-order valence-electron chi connectivity index (χ2n) is 3.77. The Kier molecular flexibility index (Phi) is 3.87. The van der Waals surface area contributed by atoms with Gasteiger partial charge in [0, 0.05) is 10.0 Å². The lowest BCUT2D eigenvalue weighted by Gasteiger charge is -1.96. The fourth-order valence-corrected chi connectivity index (χ4v) is 2.10. The number of nitro groups is 1. The number of nitrogens with zero attached hydrogens (tertiary/aromatic N) is 2. The highest BCUT2D eigenvalue weighted by molar-refractivity contribution is 6.34. The average molecular weight is 299 g/mol. The van der Waals surface area contributed by atoms with Gasteiger partial charge in [-0.3, -0.25) is 10.1 Å². The van der Waals surface area contributed by atoms with Gasteiger partial charge in [0.15, 0.2) is 5.69 Å². The van der Waals surface area contributed by atoms with Crippen molar-refractivity contribution in [3.8, 4) is 0 Å². The maximum atomic E-state index is 10.9. The van der Waals surface area contributed by atoms with Crippen molar-refractivity contribution in [1.82, 2.24) is 5.16 Å². The van der Waals surface area contributed by atoms with E-state index < -0.39 is 4.92 Å². The summed E-state index contributed by atoms with van der Waals surface area (Å²) in [4.78, 5) is 10.3. The Hall–Kier alpha value is -1.85. The van der Waals surface area contributed by atoms with Crippen molar-refractivity contribution in [1.29, 1.82) is 0 Å². The van der Waals surface area contributed by atoms with Gasteiger partial charge >= 0.3 is 5.69 Å². The van der Waals surface area contributed by atoms with Crippen molar-refractivity contribution in [2.24, 2.45) is 0 Å². The molecular formula is C12H8Cl2N2O3. The Morgan fingerprint density at radius 2 is 1.89 bits per heavy atom. The number of rotatable bonds is 3. The molecule has 0 aliphatic heterocycles. The molecule has 0 atom stereocenters. The lowest BCUT2D eigenvalue weighted by atomic mass is 10.2. The fraction of sp³-hybridized carbons (Fsp3) is 0.0833. The number of aromatic nitrogens is 1. The quantitative estimate of drug-likeness (QED) is 0.623. The Morgan fingerprint density at radius 3 is 2.47 bits per heavy atom. The van der Waals surface area contributed by atoms with E-state index in [1.54, 1.807) is 24.3 Å². The van der Waals surface area contributed by atoms with Gasteiger partial charge in [0.05, 0.1) is 4.92 Å². The predicted octanol–water partition coefficient (Wildman–Crippen LogP) is 4.37. The summed E-state index contributed by atoms with van der Waals surface area (Å²) >= 11 is 11.7. The molecule has 0 unspecified atom stereocenters. The zero-order valence-corrected chi connectivity index (χ0v) is 11.3. The van der Waals surface area contributed by atoms with Crippen molar-refractivity contribution < 1.29 is 9.45 Å². The van der Waals surface area contributed by atoms with Crippen LogP contribution in [0.25, 0.3) is 12.2 Å². The monoisotopic (exact) mass is 298 g/mol. The molecule has 0 saturated heterocycles. The first kappa shape index (κ1) is 13.6. The summed E-state index contributed by atoms with van der Waals surface area (Å²) < 4.78 is 4.89. The molecule has 0 N–H and O–H groups in total. The van der Waals surface area contributed by atoms with Crippen LogP contribution in [0, 0.1) is 17.0 Å². The van der Waals surface area contributed by atoms with E-state index in [0.717, 1.165) is 0 Å². The van der Waals surface area contributed by atoms with E-state index in [9.17, 15) is 10.1 Å². The van der Waals surface area contributed by atoms with Gasteiger partial charge in [0.2, 0.25) is 5.76 Å². The Balaban J connectivity index is 2.35. The van der Waals surface area contributed by atoms with Crippen LogP contribution in [0.5, 0.6) is 0 Å². The Bertz CT molecular complexity index is 645. The minimum atomic E-state index is -0.531. The van der Waals surface area contributed by atoms with Crippen LogP contribution in [0.15, 0.2) is 22.7 Å². The highest BCUT2D eigenvalue weighted by atomic mass is 35.5. The summed E-state index contributed by atoms with van der Waals surface area (Å²) in [5, 5.41) is 15.4. The van der Waals surface area contributed by atoms with E-state index in [0.29, 0.717) is 15.6 Å². The molecule has 2 rings (SSSR count). The zero-order valence-electron chi connectivity index (χ0n) is 9.76. The van der Waals surface area contributed by atoms with Gasteiger partial charge in [-0.1, -0.05) is 34.4 Å². The summed E-state index contributed by atoms with van der Waals surface area (Å²) in [6, 6.07) is 4.96. The lowest BCUT2D eigenvalue weighted by molar-refractivity contribution is -0.386. The van der Waals surface area contributed by atoms with Gasteiger partial charge in [-0.2, -0.15) is 0 Å². The standard InChI is InChI=1S/C12H8Cl2N2O3/c1-7-12(16(17)18)11(19-15-7)3-2-8-4-9(13)6-10(14)5-8/h2-6H,1H3/b3-2+. The largest absolute Gasteiger partial charge is 0.349 e. The number of hydrogen-bond acceptors (Lipinski definition) is 4. The average Bonchev–Trinajstić information content (AvgIpc) is 2.66. The third-order valence-electron chi connectivity index (χ3n) is 2.35. The molecule has 0 spiro atoms. The molecule has 0 amide bonds. The molecule has 0 bridgehead atoms. The molecule has 0 fully saturated rings. The molecular weight excluding hydrogens is 291 g/mol. The minimum Gasteiger partial charge on any atom is -0.349 e. The maximum Gasteiger partial charge on any atom is 0.338 e. The van der Waals surface area contributed by atoms with Crippen LogP contribution < -0.4 is 0 Å². The highest BCUT2D eigenvalue weighted by Gasteiger charge is 2.21. The Morgan fingerprint density at radius 1 is 1.26 bits per heavy atom. The highest BCUT2D eigenvalue weighted by Crippen LogP contribution is 2.25. The molecule has 1 aromatic heterocycles. The zero-order chi connectivity index (χ0) is 14.0. The van der Waals surface area contributed by atoms with Gasteiger partial charge in [-0.15, -0.1) is 0 Å². The molecule has 98 valence electrons. The van der Waals surface area contributed by atoms with E-state index in [4.69, 9.17) is 27.7 Å². The summed E-state index contributed by atoms with van der Waals surface area (Å²) in [5.74, 6) is 0.0820. The first-order valence-electron chi connectivity index (χ1n) is 5.22. The molecule has 19 heavy (non-hydrogen) atoms. The van der Waals surface area contributed by atoms with E-state index in [1.807, 2.05) is 0 Å². The molecule has 7 heteroatoms. The number of hydrogen-bond donors (Lipinski definition) is 0. The van der Waals surface area contributed by atoms with Gasteiger partial charge in [-0.25, -0.2) is 0 Å². The molecule has 2 aromatic rings. The molecule has 1 aromatic carbocycles. The van der Waals surface area contributed by atoms with Crippen LogP contribution in [-0.4, -0.2) is 10.1 Å². The van der Waals surface area contributed by atoms with Crippen molar-refractivity contribution in [2.45, 2.75) is 6.92 Å². The topological polar surface area (TPSA) is 69.2 Å². The third kappa shape index (κ3) is 3.13. The predicted molar refractivity (Wildman–Crippen MR) is 73.3 cm³/mol. The Labute approximate surface area is 118 Å². The SMILES string of the molecule is Cc1noc(/C=C/c2cc(Cl)cc(Cl)c2)c1[N+](=O)[O-]. The molecule has 1 heterocycles. The van der Waals surface area contributed by atoms with E-state index in [2.05, 4.69) is 5.16 Å². The summed E-state index contributed by atoms with van der Waals surface area (Å²) in [5.41, 5.74) is 0.791. The van der Waals surface area contributed by atoms with Gasteiger partial charge in [0.1, 0.15) is 0 Å². The molecule has 0 saturated carbocycles. The maximum absolute atomic E-state index is 10.9. The fourth-order valence-electron chi connectivity index (χ4n) is 1.56. The van der Waals surface area contributed by atoms with Crippen LogP contribution in [0.4, 0.5) is 5.69 Å². The number of benzene rings is 1. The van der Waals surface area contributed by atoms with Crippen LogP contribution in [0.1, 0.15) is 17.0 Å². The van der Waals surface area contributed by atoms with E-state index in [1.165, 1.54) is 13.0 Å². The summed E-state index contributed by atoms with van der Waals surface area (Å²) in [6.07, 6.45) is 3.07. The van der Waals surface area contributed by atoms with Crippen molar-refractivity contribution in [3.05, 3.63) is 55.4 Å². The van der Waals surface area contributed by atoms with Crippen molar-refractivity contribution in [3.63, 3.8) is 0 Å². The van der Waals surface area contributed by atoms with Crippen LogP contribution in [0.2, 0.25) is 10.0 Å². The molecule has 0 aliphatic rings. The van der Waals surface area contributed by atoms with Crippen LogP contribution in [0.3, 0.4) is 0 Å². The van der Waals surface area contributed by atoms with Gasteiger partial charge < -0.3 is 4.52 Å². The second kappa shape index (κ2) is 5.42. The van der Waals surface area contributed by atoms with Crippen molar-refractivity contribution >= 4 is 41.0 Å². The lowest BCUT2D eigenvalue weighted by Crippen LogP contribution is -1.90. The van der Waals surface area contributed by atoms with E-state index >= 15 is 0 Å². The van der Waals surface area contributed by atoms with Gasteiger partial charge in [-0.05, 0) is 36.8 Å². The summed E-state index contributed by atoms with van der Waals surface area (Å²) in [6.45, 7) is 1.51. The van der Waals surface area contributed by atoms with Crippen molar-refractivity contribution in [2.75, 3.05) is 0 Å². The summed E-state index contributed by atoms with van der Waals surface area (Å²) in [7, 11) is 0. The first-order valence-corrected chi connectivity index (χ1v) is 5.98. The normalized spacial score (nSPS) is 11.1. The molecule has 5 nitrogen and oxygen atoms in total. The number of halogens is 2. The second-order valence-corrected chi connectivity index (χ2v) is 4.65. The smallest absolute Gasteiger partial charge is 0.338 e.